The molecule has 0 radical (unpaired) electrons. The van der Waals surface area contributed by atoms with Gasteiger partial charge in [-0.1, -0.05) is 42.5 Å². The standard InChI is InChI=1S/C24H20O4/c1-26-21-11-17-12-23(25)28-24(20(17)13-22(21)27-2)15-7-8-19-16(10-15)9-14-5-3-4-6-18(14)19/h3-8,10-11,13,24H,9,12H2,1-2H3/t24-/m1/s1. The Morgan fingerprint density at radius 1 is 0.821 bits per heavy atom. The Morgan fingerprint density at radius 3 is 2.39 bits per heavy atom. The molecule has 4 heteroatoms. The summed E-state index contributed by atoms with van der Waals surface area (Å²) in [6.45, 7) is 0. The Hall–Kier alpha value is -3.27. The minimum Gasteiger partial charge on any atom is -0.493 e. The van der Waals surface area contributed by atoms with Crippen molar-refractivity contribution in [1.29, 1.82) is 0 Å². The third-order valence-electron chi connectivity index (χ3n) is 5.63. The summed E-state index contributed by atoms with van der Waals surface area (Å²) < 4.78 is 16.6. The van der Waals surface area contributed by atoms with Crippen LogP contribution in [0.3, 0.4) is 0 Å². The highest BCUT2D eigenvalue weighted by atomic mass is 16.5. The smallest absolute Gasteiger partial charge is 0.311 e. The van der Waals surface area contributed by atoms with E-state index in [4.69, 9.17) is 14.2 Å². The number of cyclic esters (lactones) is 1. The van der Waals surface area contributed by atoms with Gasteiger partial charge in [0.2, 0.25) is 0 Å². The third kappa shape index (κ3) is 2.56. The van der Waals surface area contributed by atoms with Crippen molar-refractivity contribution in [1.82, 2.24) is 0 Å². The summed E-state index contributed by atoms with van der Waals surface area (Å²) in [5.41, 5.74) is 8.00. The fourth-order valence-electron chi connectivity index (χ4n) is 4.30. The van der Waals surface area contributed by atoms with Gasteiger partial charge in [0, 0.05) is 5.56 Å². The lowest BCUT2D eigenvalue weighted by atomic mass is 9.90. The lowest BCUT2D eigenvalue weighted by molar-refractivity contribution is -0.148. The van der Waals surface area contributed by atoms with Crippen molar-refractivity contribution in [2.75, 3.05) is 14.2 Å². The first kappa shape index (κ1) is 16.9. The van der Waals surface area contributed by atoms with Crippen LogP contribution in [0.2, 0.25) is 0 Å². The third-order valence-corrected chi connectivity index (χ3v) is 5.63. The molecular formula is C24H20O4. The summed E-state index contributed by atoms with van der Waals surface area (Å²) in [7, 11) is 3.21. The highest BCUT2D eigenvalue weighted by molar-refractivity contribution is 5.79. The molecule has 0 unspecified atom stereocenters. The van der Waals surface area contributed by atoms with Crippen molar-refractivity contribution in [3.8, 4) is 22.6 Å². The molecule has 2 aliphatic rings. The zero-order chi connectivity index (χ0) is 19.3. The molecule has 0 saturated heterocycles. The number of rotatable bonds is 3. The molecule has 1 heterocycles. The molecule has 4 nitrogen and oxygen atoms in total. The lowest BCUT2D eigenvalue weighted by Gasteiger charge is -2.27. The maximum atomic E-state index is 12.3. The molecular weight excluding hydrogens is 352 g/mol. The van der Waals surface area contributed by atoms with E-state index in [1.54, 1.807) is 14.2 Å². The summed E-state index contributed by atoms with van der Waals surface area (Å²) in [5.74, 6) is 1.03. The van der Waals surface area contributed by atoms with Crippen LogP contribution in [-0.4, -0.2) is 20.2 Å². The lowest BCUT2D eigenvalue weighted by Crippen LogP contribution is -2.22. The van der Waals surface area contributed by atoms with Crippen molar-refractivity contribution in [3.63, 3.8) is 0 Å². The molecule has 3 aromatic rings. The van der Waals surface area contributed by atoms with Gasteiger partial charge in [0.25, 0.3) is 0 Å². The summed E-state index contributed by atoms with van der Waals surface area (Å²) in [6.07, 6.45) is 0.700. The number of ether oxygens (including phenoxy) is 3. The van der Waals surface area contributed by atoms with Gasteiger partial charge in [0.15, 0.2) is 17.6 Å². The number of carbonyl (C=O) groups excluding carboxylic acids is 1. The molecule has 0 N–H and O–H groups in total. The van der Waals surface area contributed by atoms with E-state index in [1.807, 2.05) is 12.1 Å². The number of hydrogen-bond acceptors (Lipinski definition) is 4. The topological polar surface area (TPSA) is 44.8 Å². The maximum Gasteiger partial charge on any atom is 0.311 e. The van der Waals surface area contributed by atoms with Crippen LogP contribution in [-0.2, 0) is 22.4 Å². The van der Waals surface area contributed by atoms with Crippen LogP contribution < -0.4 is 9.47 Å². The molecule has 0 fully saturated rings. The molecule has 0 amide bonds. The molecule has 28 heavy (non-hydrogen) atoms. The number of benzene rings is 3. The zero-order valence-electron chi connectivity index (χ0n) is 15.8. The average molecular weight is 372 g/mol. The van der Waals surface area contributed by atoms with Crippen LogP contribution in [0.4, 0.5) is 0 Å². The summed E-state index contributed by atoms with van der Waals surface area (Å²) in [4.78, 5) is 12.3. The van der Waals surface area contributed by atoms with Crippen molar-refractivity contribution >= 4 is 5.97 Å². The molecule has 0 spiro atoms. The largest absolute Gasteiger partial charge is 0.493 e. The minimum absolute atomic E-state index is 0.228. The van der Waals surface area contributed by atoms with E-state index < -0.39 is 6.10 Å². The number of esters is 1. The summed E-state index contributed by atoms with van der Waals surface area (Å²) in [5, 5.41) is 0. The first-order valence-corrected chi connectivity index (χ1v) is 9.33. The van der Waals surface area contributed by atoms with Gasteiger partial charge in [-0.3, -0.25) is 4.79 Å². The second-order valence-electron chi connectivity index (χ2n) is 7.20. The normalized spacial score (nSPS) is 16.6. The van der Waals surface area contributed by atoms with Gasteiger partial charge >= 0.3 is 5.97 Å². The van der Waals surface area contributed by atoms with E-state index in [1.165, 1.54) is 22.3 Å². The molecule has 1 aliphatic carbocycles. The second kappa shape index (κ2) is 6.41. The Balaban J connectivity index is 1.60. The molecule has 140 valence electrons. The first-order chi connectivity index (χ1) is 13.7. The molecule has 5 rings (SSSR count). The van der Waals surface area contributed by atoms with Crippen LogP contribution in [0.25, 0.3) is 11.1 Å². The van der Waals surface area contributed by atoms with E-state index >= 15 is 0 Å². The van der Waals surface area contributed by atoms with Crippen LogP contribution in [0, 0.1) is 0 Å². The van der Waals surface area contributed by atoms with E-state index in [0.717, 1.165) is 23.1 Å². The molecule has 0 saturated carbocycles. The Labute approximate surface area is 163 Å². The minimum atomic E-state index is -0.440. The molecule has 0 aromatic heterocycles. The highest BCUT2D eigenvalue weighted by Crippen LogP contribution is 2.42. The fourth-order valence-corrected chi connectivity index (χ4v) is 4.30. The average Bonchev–Trinajstić information content (AvgIpc) is 3.09. The Morgan fingerprint density at radius 2 is 1.57 bits per heavy atom. The van der Waals surface area contributed by atoms with E-state index in [0.29, 0.717) is 11.5 Å². The van der Waals surface area contributed by atoms with Crippen molar-refractivity contribution in [2.24, 2.45) is 0 Å². The second-order valence-corrected chi connectivity index (χ2v) is 7.20. The predicted molar refractivity (Wildman–Crippen MR) is 106 cm³/mol. The molecule has 1 atom stereocenters. The monoisotopic (exact) mass is 372 g/mol. The number of methoxy groups -OCH3 is 2. The predicted octanol–water partition coefficient (Wildman–Crippen LogP) is 4.46. The number of fused-ring (bicyclic) bond motifs is 4. The number of carbonyl (C=O) groups is 1. The molecule has 3 aromatic carbocycles. The van der Waals surface area contributed by atoms with Gasteiger partial charge in [-0.25, -0.2) is 0 Å². The zero-order valence-corrected chi connectivity index (χ0v) is 15.8. The van der Waals surface area contributed by atoms with Gasteiger partial charge in [0.05, 0.1) is 20.6 Å². The first-order valence-electron chi connectivity index (χ1n) is 9.33. The van der Waals surface area contributed by atoms with Crippen LogP contribution in [0.15, 0.2) is 54.6 Å². The van der Waals surface area contributed by atoms with Crippen LogP contribution in [0.1, 0.15) is 33.9 Å². The van der Waals surface area contributed by atoms with Crippen molar-refractivity contribution in [2.45, 2.75) is 18.9 Å². The van der Waals surface area contributed by atoms with E-state index in [9.17, 15) is 4.79 Å². The van der Waals surface area contributed by atoms with Gasteiger partial charge in [-0.2, -0.15) is 0 Å². The quantitative estimate of drug-likeness (QED) is 0.498. The van der Waals surface area contributed by atoms with Gasteiger partial charge in [0.1, 0.15) is 0 Å². The van der Waals surface area contributed by atoms with Crippen LogP contribution in [0.5, 0.6) is 11.5 Å². The summed E-state index contributed by atoms with van der Waals surface area (Å²) in [6, 6.07) is 18.6. The fraction of sp³-hybridized carbons (Fsp3) is 0.208. The van der Waals surface area contributed by atoms with Gasteiger partial charge in [-0.15, -0.1) is 0 Å². The summed E-state index contributed by atoms with van der Waals surface area (Å²) >= 11 is 0. The molecule has 0 bridgehead atoms. The van der Waals surface area contributed by atoms with E-state index in [-0.39, 0.29) is 12.4 Å². The number of hydrogen-bond donors (Lipinski definition) is 0. The van der Waals surface area contributed by atoms with Crippen molar-refractivity contribution in [3.05, 3.63) is 82.4 Å². The SMILES string of the molecule is COc1cc2c(cc1OC)[C@@H](c1ccc3c(c1)Cc1ccccc1-3)OC(=O)C2. The maximum absolute atomic E-state index is 12.3. The molecule has 1 aliphatic heterocycles. The van der Waals surface area contributed by atoms with Crippen LogP contribution >= 0.6 is 0 Å². The Kier molecular flexibility index (Phi) is 3.86. The van der Waals surface area contributed by atoms with Gasteiger partial charge in [-0.05, 0) is 51.9 Å². The van der Waals surface area contributed by atoms with Gasteiger partial charge < -0.3 is 14.2 Å². The Bertz CT molecular complexity index is 1100. The van der Waals surface area contributed by atoms with Crippen molar-refractivity contribution < 1.29 is 19.0 Å². The highest BCUT2D eigenvalue weighted by Gasteiger charge is 2.31. The van der Waals surface area contributed by atoms with E-state index in [2.05, 4.69) is 42.5 Å².